The lowest BCUT2D eigenvalue weighted by atomic mass is 10.4. The van der Waals surface area contributed by atoms with Crippen molar-refractivity contribution in [2.24, 2.45) is 7.05 Å². The fourth-order valence-electron chi connectivity index (χ4n) is 0.765. The Morgan fingerprint density at radius 1 is 1.50 bits per heavy atom. The van der Waals surface area contributed by atoms with Crippen LogP contribution in [0.3, 0.4) is 0 Å². The number of imidazole rings is 1. The van der Waals surface area contributed by atoms with Gasteiger partial charge >= 0.3 is 5.51 Å². The van der Waals surface area contributed by atoms with E-state index in [1.54, 1.807) is 0 Å². The van der Waals surface area contributed by atoms with E-state index in [0.29, 0.717) is 0 Å². The first-order chi connectivity index (χ1) is 7.99. The van der Waals surface area contributed by atoms with E-state index in [1.165, 1.54) is 0 Å². The molecule has 1 rings (SSSR count). The predicted molar refractivity (Wildman–Crippen MR) is 51.7 cm³/mol. The highest BCUT2D eigenvalue weighted by atomic mass is 32.2. The second-order valence-corrected chi connectivity index (χ2v) is 4.60. The van der Waals surface area contributed by atoms with Crippen LogP contribution < -0.4 is 4.57 Å². The third-order valence-electron chi connectivity index (χ3n) is 1.71. The minimum Gasteiger partial charge on any atom is -0.741 e. The molecular weight excluding hydrogens is 275 g/mol. The van der Waals surface area contributed by atoms with Crippen LogP contribution in [0, 0.1) is 11.3 Å². The van der Waals surface area contributed by atoms with Crippen LogP contribution in [-0.2, 0) is 17.2 Å². The summed E-state index contributed by atoms with van der Waals surface area (Å²) in [6, 6.07) is 2.08. The fourth-order valence-corrected chi connectivity index (χ4v) is 0.765. The molecule has 0 bridgehead atoms. The van der Waals surface area contributed by atoms with Gasteiger partial charge in [-0.15, -0.1) is 0 Å². The monoisotopic (exact) mass is 285 g/mol. The number of alkyl halides is 3. The number of halogens is 3. The average Bonchev–Trinajstić information content (AvgIpc) is 2.61. The zero-order chi connectivity index (χ0) is 14.6. The number of nitriles is 1. The molecule has 102 valence electrons. The van der Waals surface area contributed by atoms with Crippen LogP contribution in [0.15, 0.2) is 18.7 Å². The van der Waals surface area contributed by atoms with Gasteiger partial charge in [-0.1, -0.05) is 0 Å². The summed E-state index contributed by atoms with van der Waals surface area (Å²) >= 11 is 0. The summed E-state index contributed by atoms with van der Waals surface area (Å²) in [5.74, 6) is 0. The molecule has 0 fully saturated rings. The van der Waals surface area contributed by atoms with Crippen LogP contribution >= 0.6 is 0 Å². The van der Waals surface area contributed by atoms with E-state index in [-0.39, 0.29) is 6.04 Å². The summed E-state index contributed by atoms with van der Waals surface area (Å²) in [6.07, 6.45) is 5.68. The van der Waals surface area contributed by atoms with E-state index in [0.717, 1.165) is 0 Å². The van der Waals surface area contributed by atoms with Crippen LogP contribution in [0.2, 0.25) is 0 Å². The van der Waals surface area contributed by atoms with Gasteiger partial charge in [-0.2, -0.15) is 18.4 Å². The number of rotatable bonds is 1. The molecule has 0 spiro atoms. The van der Waals surface area contributed by atoms with Gasteiger partial charge in [0, 0.05) is 0 Å². The zero-order valence-electron chi connectivity index (χ0n) is 9.42. The Morgan fingerprint density at radius 3 is 2.17 bits per heavy atom. The molecule has 10 heteroatoms. The van der Waals surface area contributed by atoms with Gasteiger partial charge in [0.2, 0.25) is 6.33 Å². The third kappa shape index (κ3) is 5.15. The SMILES string of the molecule is CC(C#N)n1cc[n+](C)c1.O=S(=O)([O-])C(F)(F)F. The topological polar surface area (TPSA) is 89.8 Å². The Hall–Kier alpha value is -1.60. The van der Waals surface area contributed by atoms with Crippen molar-refractivity contribution in [2.75, 3.05) is 0 Å². The summed E-state index contributed by atoms with van der Waals surface area (Å²) < 4.78 is 62.7. The summed E-state index contributed by atoms with van der Waals surface area (Å²) in [4.78, 5) is 0. The summed E-state index contributed by atoms with van der Waals surface area (Å²) in [5.41, 5.74) is -5.65. The lowest BCUT2D eigenvalue weighted by Gasteiger charge is -2.08. The molecule has 1 atom stereocenters. The van der Waals surface area contributed by atoms with Crippen molar-refractivity contribution in [3.63, 3.8) is 0 Å². The summed E-state index contributed by atoms with van der Waals surface area (Å²) in [6.45, 7) is 1.86. The maximum Gasteiger partial charge on any atom is 0.485 e. The van der Waals surface area contributed by atoms with Gasteiger partial charge in [0.05, 0.1) is 7.05 Å². The van der Waals surface area contributed by atoms with Crippen molar-refractivity contribution < 1.29 is 30.7 Å². The highest BCUT2D eigenvalue weighted by Gasteiger charge is 2.36. The lowest BCUT2D eigenvalue weighted by molar-refractivity contribution is -0.671. The molecule has 1 unspecified atom stereocenters. The van der Waals surface area contributed by atoms with Gasteiger partial charge in [-0.25, -0.2) is 17.6 Å². The number of hydrogen-bond donors (Lipinski definition) is 0. The standard InChI is InChI=1S/C7H10N3.CHF3O3S/c1-7(5-8)10-4-3-9(2)6-10;2-1(3,4)8(5,6)7/h3-4,6-7H,1-2H3;(H,5,6,7)/q+1;/p-1. The molecule has 0 saturated carbocycles. The van der Waals surface area contributed by atoms with Crippen molar-refractivity contribution in [1.82, 2.24) is 4.57 Å². The van der Waals surface area contributed by atoms with Crippen LogP contribution in [0.1, 0.15) is 13.0 Å². The van der Waals surface area contributed by atoms with Crippen LogP contribution in [0.4, 0.5) is 13.2 Å². The molecule has 0 saturated heterocycles. The average molecular weight is 285 g/mol. The van der Waals surface area contributed by atoms with Gasteiger partial charge in [-0.05, 0) is 6.92 Å². The van der Waals surface area contributed by atoms with Crippen molar-refractivity contribution in [2.45, 2.75) is 18.5 Å². The molecule has 1 aromatic rings. The van der Waals surface area contributed by atoms with Crippen LogP contribution in [0.25, 0.3) is 0 Å². The van der Waals surface area contributed by atoms with E-state index in [9.17, 15) is 13.2 Å². The zero-order valence-corrected chi connectivity index (χ0v) is 10.2. The van der Waals surface area contributed by atoms with Crippen molar-refractivity contribution in [1.29, 1.82) is 5.26 Å². The molecule has 0 aliphatic carbocycles. The minimum atomic E-state index is -6.09. The van der Waals surface area contributed by atoms with Gasteiger partial charge in [-0.3, -0.25) is 0 Å². The Balaban J connectivity index is 0.000000331. The highest BCUT2D eigenvalue weighted by molar-refractivity contribution is 7.86. The molecule has 0 aliphatic heterocycles. The Kier molecular flexibility index (Phi) is 5.31. The Bertz CT molecular complexity index is 530. The first-order valence-corrected chi connectivity index (χ1v) is 5.84. The van der Waals surface area contributed by atoms with E-state index in [2.05, 4.69) is 6.07 Å². The maximum atomic E-state index is 10.7. The van der Waals surface area contributed by atoms with Crippen LogP contribution in [-0.4, -0.2) is 23.0 Å². The Morgan fingerprint density at radius 2 is 1.94 bits per heavy atom. The predicted octanol–water partition coefficient (Wildman–Crippen LogP) is 0.449. The van der Waals surface area contributed by atoms with Crippen molar-refractivity contribution >= 4 is 10.1 Å². The van der Waals surface area contributed by atoms with Crippen molar-refractivity contribution in [3.8, 4) is 6.07 Å². The van der Waals surface area contributed by atoms with E-state index < -0.39 is 15.6 Å². The smallest absolute Gasteiger partial charge is 0.485 e. The number of hydrogen-bond acceptors (Lipinski definition) is 4. The number of nitrogens with zero attached hydrogens (tertiary/aromatic N) is 3. The molecule has 6 nitrogen and oxygen atoms in total. The summed E-state index contributed by atoms with van der Waals surface area (Å²) in [7, 11) is -4.16. The third-order valence-corrected chi connectivity index (χ3v) is 2.27. The molecular formula is C8H10F3N3O3S. The molecule has 0 aromatic carbocycles. The molecule has 1 aromatic heterocycles. The van der Waals surface area contributed by atoms with E-state index in [1.807, 2.05) is 41.8 Å². The normalized spacial score (nSPS) is 13.2. The maximum absolute atomic E-state index is 10.7. The highest BCUT2D eigenvalue weighted by Crippen LogP contribution is 2.20. The second-order valence-electron chi connectivity index (χ2n) is 3.23. The van der Waals surface area contributed by atoms with Gasteiger partial charge < -0.3 is 4.55 Å². The van der Waals surface area contributed by atoms with Gasteiger partial charge in [0.1, 0.15) is 18.5 Å². The molecule has 0 aliphatic rings. The number of aromatic nitrogens is 2. The molecule has 0 radical (unpaired) electrons. The Labute approximate surface area is 102 Å². The quantitative estimate of drug-likeness (QED) is 0.425. The minimum absolute atomic E-state index is 0.0683. The van der Waals surface area contributed by atoms with Crippen molar-refractivity contribution in [3.05, 3.63) is 18.7 Å². The summed E-state index contributed by atoms with van der Waals surface area (Å²) in [5, 5.41) is 8.52. The molecule has 0 amide bonds. The van der Waals surface area contributed by atoms with Gasteiger partial charge in [0.15, 0.2) is 16.2 Å². The van der Waals surface area contributed by atoms with Crippen LogP contribution in [0.5, 0.6) is 0 Å². The fraction of sp³-hybridized carbons (Fsp3) is 0.500. The second kappa shape index (κ2) is 5.83. The number of aryl methyl sites for hydroxylation is 1. The van der Waals surface area contributed by atoms with Gasteiger partial charge in [0.25, 0.3) is 0 Å². The molecule has 18 heavy (non-hydrogen) atoms. The first-order valence-electron chi connectivity index (χ1n) is 4.43. The molecule has 0 N–H and O–H groups in total. The molecule has 1 heterocycles. The van der Waals surface area contributed by atoms with E-state index in [4.69, 9.17) is 18.2 Å². The van der Waals surface area contributed by atoms with E-state index >= 15 is 0 Å². The lowest BCUT2D eigenvalue weighted by Crippen LogP contribution is -2.24. The first kappa shape index (κ1) is 16.4. The largest absolute Gasteiger partial charge is 0.741 e.